The summed E-state index contributed by atoms with van der Waals surface area (Å²) in [5, 5.41) is 6.05. The number of hydrogen-bond donors (Lipinski definition) is 2. The van der Waals surface area contributed by atoms with Gasteiger partial charge in [-0.05, 0) is 31.4 Å². The quantitative estimate of drug-likeness (QED) is 0.817. The van der Waals surface area contributed by atoms with Crippen molar-refractivity contribution >= 4 is 17.2 Å². The molecule has 0 saturated carbocycles. The van der Waals surface area contributed by atoms with E-state index in [4.69, 9.17) is 0 Å². The summed E-state index contributed by atoms with van der Waals surface area (Å²) in [7, 11) is 0. The molecule has 0 atom stereocenters. The molecule has 2 N–H and O–H groups in total. The highest BCUT2D eigenvalue weighted by Crippen LogP contribution is 2.19. The highest BCUT2D eigenvalue weighted by molar-refractivity contribution is 7.12. The Morgan fingerprint density at radius 1 is 1.41 bits per heavy atom. The van der Waals surface area contributed by atoms with Gasteiger partial charge >= 0.3 is 0 Å². The molecule has 0 spiro atoms. The molecule has 0 aliphatic carbocycles. The minimum atomic E-state index is 0.0729. The van der Waals surface area contributed by atoms with E-state index in [2.05, 4.69) is 44.4 Å². The SMILES string of the molecule is Cc1cc(CNCC(=O)NCC(C)C)sc1C. The molecule has 0 fully saturated rings. The third-order valence-corrected chi connectivity index (χ3v) is 3.66. The van der Waals surface area contributed by atoms with E-state index in [1.165, 1.54) is 15.3 Å². The largest absolute Gasteiger partial charge is 0.355 e. The summed E-state index contributed by atoms with van der Waals surface area (Å²) in [6.45, 7) is 10.3. The van der Waals surface area contributed by atoms with Gasteiger partial charge in [0.25, 0.3) is 0 Å². The molecule has 96 valence electrons. The second-order valence-corrected chi connectivity index (χ2v) is 6.09. The van der Waals surface area contributed by atoms with Crippen LogP contribution >= 0.6 is 11.3 Å². The summed E-state index contributed by atoms with van der Waals surface area (Å²) in [6.07, 6.45) is 0. The standard InChI is InChI=1S/C13H22N2OS/c1-9(2)6-15-13(16)8-14-7-12-5-10(3)11(4)17-12/h5,9,14H,6-8H2,1-4H3,(H,15,16). The Morgan fingerprint density at radius 2 is 2.12 bits per heavy atom. The van der Waals surface area contributed by atoms with E-state index in [9.17, 15) is 4.79 Å². The molecule has 0 unspecified atom stereocenters. The number of aryl methyl sites for hydroxylation is 2. The number of thiophene rings is 1. The molecular formula is C13H22N2OS. The zero-order valence-corrected chi connectivity index (χ0v) is 11.9. The van der Waals surface area contributed by atoms with E-state index >= 15 is 0 Å². The molecule has 1 heterocycles. The van der Waals surface area contributed by atoms with Crippen molar-refractivity contribution in [2.75, 3.05) is 13.1 Å². The van der Waals surface area contributed by atoms with Crippen molar-refractivity contribution < 1.29 is 4.79 Å². The van der Waals surface area contributed by atoms with Crippen LogP contribution in [0.3, 0.4) is 0 Å². The van der Waals surface area contributed by atoms with Crippen LogP contribution < -0.4 is 10.6 Å². The predicted molar refractivity (Wildman–Crippen MR) is 73.3 cm³/mol. The third kappa shape index (κ3) is 5.33. The summed E-state index contributed by atoms with van der Waals surface area (Å²) in [5.74, 6) is 0.574. The fraction of sp³-hybridized carbons (Fsp3) is 0.615. The fourth-order valence-corrected chi connectivity index (χ4v) is 2.44. The van der Waals surface area contributed by atoms with Crippen LogP contribution in [0.5, 0.6) is 0 Å². The molecule has 0 radical (unpaired) electrons. The van der Waals surface area contributed by atoms with Crippen molar-refractivity contribution in [3.05, 3.63) is 21.4 Å². The van der Waals surface area contributed by atoms with Crippen LogP contribution in [0.15, 0.2) is 6.07 Å². The van der Waals surface area contributed by atoms with Crippen LogP contribution in [-0.2, 0) is 11.3 Å². The van der Waals surface area contributed by atoms with Gasteiger partial charge in [0.15, 0.2) is 0 Å². The van der Waals surface area contributed by atoms with Crippen LogP contribution in [-0.4, -0.2) is 19.0 Å². The molecular weight excluding hydrogens is 232 g/mol. The smallest absolute Gasteiger partial charge is 0.233 e. The molecule has 17 heavy (non-hydrogen) atoms. The van der Waals surface area contributed by atoms with Gasteiger partial charge in [-0.2, -0.15) is 0 Å². The van der Waals surface area contributed by atoms with E-state index in [1.54, 1.807) is 11.3 Å². The van der Waals surface area contributed by atoms with Gasteiger partial charge in [-0.15, -0.1) is 11.3 Å². The van der Waals surface area contributed by atoms with E-state index in [-0.39, 0.29) is 5.91 Å². The van der Waals surface area contributed by atoms with Crippen molar-refractivity contribution in [3.63, 3.8) is 0 Å². The van der Waals surface area contributed by atoms with Gasteiger partial charge in [0, 0.05) is 22.8 Å². The highest BCUT2D eigenvalue weighted by Gasteiger charge is 2.04. The first kappa shape index (κ1) is 14.2. The average Bonchev–Trinajstić information content (AvgIpc) is 2.55. The number of amides is 1. The molecule has 1 amide bonds. The highest BCUT2D eigenvalue weighted by atomic mass is 32.1. The minimum Gasteiger partial charge on any atom is -0.355 e. The Kier molecular flexibility index (Phi) is 5.65. The molecule has 0 aromatic carbocycles. The normalized spacial score (nSPS) is 10.9. The first-order valence-corrected chi connectivity index (χ1v) is 6.84. The second kappa shape index (κ2) is 6.77. The zero-order valence-electron chi connectivity index (χ0n) is 11.1. The van der Waals surface area contributed by atoms with Crippen molar-refractivity contribution in [2.45, 2.75) is 34.2 Å². The lowest BCUT2D eigenvalue weighted by atomic mass is 10.2. The molecule has 0 bridgehead atoms. The van der Waals surface area contributed by atoms with Gasteiger partial charge < -0.3 is 10.6 Å². The minimum absolute atomic E-state index is 0.0729. The number of nitrogens with one attached hydrogen (secondary N) is 2. The lowest BCUT2D eigenvalue weighted by Crippen LogP contribution is -2.35. The average molecular weight is 254 g/mol. The van der Waals surface area contributed by atoms with Crippen molar-refractivity contribution in [1.29, 1.82) is 0 Å². The van der Waals surface area contributed by atoms with Gasteiger partial charge in [0.1, 0.15) is 0 Å². The summed E-state index contributed by atoms with van der Waals surface area (Å²) >= 11 is 1.79. The summed E-state index contributed by atoms with van der Waals surface area (Å²) in [6, 6.07) is 2.18. The van der Waals surface area contributed by atoms with E-state index in [1.807, 2.05) is 0 Å². The maximum Gasteiger partial charge on any atom is 0.233 e. The molecule has 0 aliphatic rings. The van der Waals surface area contributed by atoms with E-state index in [0.29, 0.717) is 12.5 Å². The monoisotopic (exact) mass is 254 g/mol. The van der Waals surface area contributed by atoms with Crippen LogP contribution in [0.2, 0.25) is 0 Å². The molecule has 0 aliphatic heterocycles. The van der Waals surface area contributed by atoms with Crippen molar-refractivity contribution in [1.82, 2.24) is 10.6 Å². The van der Waals surface area contributed by atoms with E-state index < -0.39 is 0 Å². The summed E-state index contributed by atoms with van der Waals surface area (Å²) in [4.78, 5) is 14.1. The maximum absolute atomic E-state index is 11.4. The molecule has 1 rings (SSSR count). The molecule has 1 aromatic heterocycles. The van der Waals surface area contributed by atoms with Gasteiger partial charge in [-0.3, -0.25) is 4.79 Å². The predicted octanol–water partition coefficient (Wildman–Crippen LogP) is 2.23. The summed E-state index contributed by atoms with van der Waals surface area (Å²) < 4.78 is 0. The van der Waals surface area contributed by atoms with Crippen LogP contribution in [0, 0.1) is 19.8 Å². The fourth-order valence-electron chi connectivity index (χ4n) is 1.42. The van der Waals surface area contributed by atoms with Crippen LogP contribution in [0.1, 0.15) is 29.2 Å². The third-order valence-electron chi connectivity index (χ3n) is 2.51. The Balaban J connectivity index is 2.21. The molecule has 0 saturated heterocycles. The molecule has 3 nitrogen and oxygen atoms in total. The lowest BCUT2D eigenvalue weighted by molar-refractivity contribution is -0.120. The van der Waals surface area contributed by atoms with Gasteiger partial charge in [0.2, 0.25) is 5.91 Å². The van der Waals surface area contributed by atoms with Gasteiger partial charge in [-0.25, -0.2) is 0 Å². The van der Waals surface area contributed by atoms with Crippen molar-refractivity contribution in [3.8, 4) is 0 Å². The van der Waals surface area contributed by atoms with Crippen LogP contribution in [0.25, 0.3) is 0 Å². The van der Waals surface area contributed by atoms with Gasteiger partial charge in [0.05, 0.1) is 6.54 Å². The van der Waals surface area contributed by atoms with Crippen molar-refractivity contribution in [2.24, 2.45) is 5.92 Å². The number of hydrogen-bond acceptors (Lipinski definition) is 3. The van der Waals surface area contributed by atoms with Gasteiger partial charge in [-0.1, -0.05) is 13.8 Å². The Bertz CT molecular complexity index is 352. The molecule has 4 heteroatoms. The number of carbonyl (C=O) groups excluding carboxylic acids is 1. The maximum atomic E-state index is 11.4. The Labute approximate surface area is 108 Å². The Hall–Kier alpha value is -0.870. The Morgan fingerprint density at radius 3 is 2.65 bits per heavy atom. The first-order valence-electron chi connectivity index (χ1n) is 6.02. The topological polar surface area (TPSA) is 41.1 Å². The number of carbonyl (C=O) groups is 1. The van der Waals surface area contributed by atoms with E-state index in [0.717, 1.165) is 13.1 Å². The number of rotatable bonds is 6. The zero-order chi connectivity index (χ0) is 12.8. The first-order chi connectivity index (χ1) is 7.99. The molecule has 1 aromatic rings. The van der Waals surface area contributed by atoms with Crippen LogP contribution in [0.4, 0.5) is 0 Å². The summed E-state index contributed by atoms with van der Waals surface area (Å²) in [5.41, 5.74) is 1.33. The lowest BCUT2D eigenvalue weighted by Gasteiger charge is -2.07. The second-order valence-electron chi connectivity index (χ2n) is 4.75.